The Kier molecular flexibility index (Phi) is 3.50. The average Bonchev–Trinajstić information content (AvgIpc) is 2.54. The van der Waals surface area contributed by atoms with Gasteiger partial charge in [0.1, 0.15) is 0 Å². The van der Waals surface area contributed by atoms with Gasteiger partial charge in [-0.25, -0.2) is 0 Å². The van der Waals surface area contributed by atoms with E-state index in [2.05, 4.69) is 10.4 Å². The molecule has 0 saturated carbocycles. The molecule has 84 valence electrons. The van der Waals surface area contributed by atoms with E-state index < -0.39 is 0 Å². The van der Waals surface area contributed by atoms with Crippen molar-refractivity contribution in [1.82, 2.24) is 15.1 Å². The standard InChI is InChI=1S/C11H19N3O/c1-9(8-14-7-5-6-12-14)13-10(15)11(2,3)4/h5-7,9H,8H2,1-4H3,(H,13,15). The summed E-state index contributed by atoms with van der Waals surface area (Å²) in [5.74, 6) is 0.0714. The zero-order valence-electron chi connectivity index (χ0n) is 9.82. The molecule has 1 aromatic rings. The molecule has 0 aliphatic rings. The second-order valence-electron chi connectivity index (χ2n) is 4.85. The molecule has 1 aromatic heterocycles. The van der Waals surface area contributed by atoms with Gasteiger partial charge in [0.15, 0.2) is 0 Å². The molecule has 0 radical (unpaired) electrons. The minimum absolute atomic E-state index is 0.0714. The molecule has 4 heteroatoms. The number of amides is 1. The van der Waals surface area contributed by atoms with Crippen LogP contribution in [0.25, 0.3) is 0 Å². The summed E-state index contributed by atoms with van der Waals surface area (Å²) in [5, 5.41) is 7.05. The minimum Gasteiger partial charge on any atom is -0.351 e. The van der Waals surface area contributed by atoms with Crippen LogP contribution in [0.5, 0.6) is 0 Å². The Morgan fingerprint density at radius 2 is 2.20 bits per heavy atom. The van der Waals surface area contributed by atoms with Gasteiger partial charge in [-0.1, -0.05) is 20.8 Å². The lowest BCUT2D eigenvalue weighted by atomic mass is 9.95. The molecular weight excluding hydrogens is 190 g/mol. The van der Waals surface area contributed by atoms with Gasteiger partial charge >= 0.3 is 0 Å². The minimum atomic E-state index is -0.335. The van der Waals surface area contributed by atoms with Crippen LogP contribution in [0.1, 0.15) is 27.7 Å². The van der Waals surface area contributed by atoms with Crippen molar-refractivity contribution in [3.8, 4) is 0 Å². The van der Waals surface area contributed by atoms with Crippen LogP contribution < -0.4 is 5.32 Å². The Hall–Kier alpha value is -1.32. The lowest BCUT2D eigenvalue weighted by molar-refractivity contribution is -0.129. The lowest BCUT2D eigenvalue weighted by Gasteiger charge is -2.21. The number of aromatic nitrogens is 2. The van der Waals surface area contributed by atoms with Crippen LogP contribution in [0.4, 0.5) is 0 Å². The summed E-state index contributed by atoms with van der Waals surface area (Å²) in [6.07, 6.45) is 3.62. The molecule has 0 fully saturated rings. The Bertz CT molecular complexity index is 311. The highest BCUT2D eigenvalue weighted by Gasteiger charge is 2.22. The van der Waals surface area contributed by atoms with Crippen molar-refractivity contribution >= 4 is 5.91 Å². The monoisotopic (exact) mass is 209 g/mol. The van der Waals surface area contributed by atoms with Crippen LogP contribution in [-0.2, 0) is 11.3 Å². The second kappa shape index (κ2) is 4.47. The molecule has 1 N–H and O–H groups in total. The van der Waals surface area contributed by atoms with Crippen molar-refractivity contribution in [2.75, 3.05) is 0 Å². The molecule has 0 aliphatic carbocycles. The van der Waals surface area contributed by atoms with E-state index in [1.165, 1.54) is 0 Å². The molecule has 0 aromatic carbocycles. The van der Waals surface area contributed by atoms with Gasteiger partial charge < -0.3 is 5.32 Å². The molecule has 0 spiro atoms. The van der Waals surface area contributed by atoms with E-state index >= 15 is 0 Å². The van der Waals surface area contributed by atoms with E-state index in [4.69, 9.17) is 0 Å². The molecule has 0 bridgehead atoms. The fourth-order valence-electron chi connectivity index (χ4n) is 1.17. The first-order valence-electron chi connectivity index (χ1n) is 5.18. The van der Waals surface area contributed by atoms with Crippen LogP contribution in [-0.4, -0.2) is 21.7 Å². The summed E-state index contributed by atoms with van der Waals surface area (Å²) >= 11 is 0. The van der Waals surface area contributed by atoms with Gasteiger partial charge in [-0.3, -0.25) is 9.48 Å². The first kappa shape index (κ1) is 11.8. The SMILES string of the molecule is CC(Cn1cccn1)NC(=O)C(C)(C)C. The van der Waals surface area contributed by atoms with Crippen molar-refractivity contribution in [2.45, 2.75) is 40.3 Å². The number of hydrogen-bond donors (Lipinski definition) is 1. The highest BCUT2D eigenvalue weighted by Crippen LogP contribution is 2.12. The zero-order chi connectivity index (χ0) is 11.5. The summed E-state index contributed by atoms with van der Waals surface area (Å²) in [6.45, 7) is 8.40. The topological polar surface area (TPSA) is 46.9 Å². The second-order valence-corrected chi connectivity index (χ2v) is 4.85. The van der Waals surface area contributed by atoms with Crippen LogP contribution in [0.2, 0.25) is 0 Å². The Labute approximate surface area is 90.7 Å². The maximum absolute atomic E-state index is 11.7. The first-order chi connectivity index (χ1) is 6.89. The molecule has 1 rings (SSSR count). The van der Waals surface area contributed by atoms with Crippen molar-refractivity contribution in [1.29, 1.82) is 0 Å². The summed E-state index contributed by atoms with van der Waals surface area (Å²) in [7, 11) is 0. The predicted octanol–water partition coefficient (Wildman–Crippen LogP) is 1.43. The van der Waals surface area contributed by atoms with E-state index in [1.807, 2.05) is 44.6 Å². The number of nitrogens with one attached hydrogen (secondary N) is 1. The summed E-state index contributed by atoms with van der Waals surface area (Å²) < 4.78 is 1.81. The van der Waals surface area contributed by atoms with Crippen LogP contribution in [0.15, 0.2) is 18.5 Å². The number of carbonyl (C=O) groups excluding carboxylic acids is 1. The predicted molar refractivity (Wildman–Crippen MR) is 59.3 cm³/mol. The number of hydrogen-bond acceptors (Lipinski definition) is 2. The maximum Gasteiger partial charge on any atom is 0.225 e. The third-order valence-corrected chi connectivity index (χ3v) is 2.08. The third kappa shape index (κ3) is 3.73. The largest absolute Gasteiger partial charge is 0.351 e. The number of nitrogens with zero attached hydrogens (tertiary/aromatic N) is 2. The van der Waals surface area contributed by atoms with Gasteiger partial charge in [0.25, 0.3) is 0 Å². The number of rotatable bonds is 3. The van der Waals surface area contributed by atoms with Gasteiger partial charge in [0, 0.05) is 23.9 Å². The normalized spacial score (nSPS) is 13.6. The zero-order valence-corrected chi connectivity index (χ0v) is 9.82. The summed E-state index contributed by atoms with van der Waals surface area (Å²) in [4.78, 5) is 11.7. The first-order valence-corrected chi connectivity index (χ1v) is 5.18. The molecule has 1 heterocycles. The molecule has 4 nitrogen and oxygen atoms in total. The fraction of sp³-hybridized carbons (Fsp3) is 0.636. The van der Waals surface area contributed by atoms with Crippen LogP contribution >= 0.6 is 0 Å². The average molecular weight is 209 g/mol. The van der Waals surface area contributed by atoms with Gasteiger partial charge in [0.2, 0.25) is 5.91 Å². The van der Waals surface area contributed by atoms with Gasteiger partial charge in [-0.05, 0) is 13.0 Å². The molecule has 0 saturated heterocycles. The van der Waals surface area contributed by atoms with E-state index in [0.717, 1.165) is 0 Å². The smallest absolute Gasteiger partial charge is 0.225 e. The highest BCUT2D eigenvalue weighted by molar-refractivity contribution is 5.81. The van der Waals surface area contributed by atoms with Gasteiger partial charge in [-0.2, -0.15) is 5.10 Å². The fourth-order valence-corrected chi connectivity index (χ4v) is 1.17. The molecule has 1 amide bonds. The molecule has 1 atom stereocenters. The summed E-state index contributed by atoms with van der Waals surface area (Å²) in [6, 6.07) is 1.97. The molecule has 0 aliphatic heterocycles. The molecule has 15 heavy (non-hydrogen) atoms. The maximum atomic E-state index is 11.7. The van der Waals surface area contributed by atoms with Crippen LogP contribution in [0, 0.1) is 5.41 Å². The summed E-state index contributed by atoms with van der Waals surface area (Å²) in [5.41, 5.74) is -0.335. The quantitative estimate of drug-likeness (QED) is 0.818. The van der Waals surface area contributed by atoms with E-state index in [9.17, 15) is 4.79 Å². The van der Waals surface area contributed by atoms with Crippen molar-refractivity contribution in [3.05, 3.63) is 18.5 Å². The van der Waals surface area contributed by atoms with E-state index in [-0.39, 0.29) is 17.4 Å². The van der Waals surface area contributed by atoms with Crippen molar-refractivity contribution in [3.63, 3.8) is 0 Å². The van der Waals surface area contributed by atoms with E-state index in [0.29, 0.717) is 6.54 Å². The lowest BCUT2D eigenvalue weighted by Crippen LogP contribution is -2.42. The van der Waals surface area contributed by atoms with Gasteiger partial charge in [-0.15, -0.1) is 0 Å². The Balaban J connectivity index is 2.43. The third-order valence-electron chi connectivity index (χ3n) is 2.08. The highest BCUT2D eigenvalue weighted by atomic mass is 16.2. The Morgan fingerprint density at radius 1 is 1.53 bits per heavy atom. The molecular formula is C11H19N3O. The number of carbonyl (C=O) groups is 1. The van der Waals surface area contributed by atoms with Crippen molar-refractivity contribution < 1.29 is 4.79 Å². The van der Waals surface area contributed by atoms with Crippen molar-refractivity contribution in [2.24, 2.45) is 5.41 Å². The van der Waals surface area contributed by atoms with Gasteiger partial charge in [0.05, 0.1) is 6.54 Å². The van der Waals surface area contributed by atoms with Crippen LogP contribution in [0.3, 0.4) is 0 Å². The Morgan fingerprint density at radius 3 is 2.67 bits per heavy atom. The van der Waals surface area contributed by atoms with E-state index in [1.54, 1.807) is 6.20 Å². The molecule has 1 unspecified atom stereocenters.